The fourth-order valence-electron chi connectivity index (χ4n) is 2.77. The molecular weight excluding hydrogens is 361 g/mol. The lowest BCUT2D eigenvalue weighted by atomic mass is 10.1. The second-order valence-corrected chi connectivity index (χ2v) is 6.73. The summed E-state index contributed by atoms with van der Waals surface area (Å²) in [5, 5.41) is 11.2. The normalized spacial score (nSPS) is 13.3. The van der Waals surface area contributed by atoms with E-state index in [9.17, 15) is 9.18 Å². The highest BCUT2D eigenvalue weighted by molar-refractivity contribution is 5.99. The van der Waals surface area contributed by atoms with Gasteiger partial charge in [0.1, 0.15) is 5.82 Å². The molecule has 2 atom stereocenters. The second kappa shape index (κ2) is 7.81. The molecule has 1 aromatic carbocycles. The fourth-order valence-corrected chi connectivity index (χ4v) is 2.77. The first-order valence-electron chi connectivity index (χ1n) is 9.05. The number of nitrogens with one attached hydrogen (secondary N) is 2. The molecule has 2 aromatic heterocycles. The summed E-state index contributed by atoms with van der Waals surface area (Å²) in [4.78, 5) is 16.0. The summed E-state index contributed by atoms with van der Waals surface area (Å²) in [6.07, 6.45) is 1.76. The number of nitrogens with zero attached hydrogens (tertiary/aromatic N) is 3. The number of halogens is 1. The SMILES string of the molecule is CCn1ncc2cc(Nc3nc(NC(C)C(C)N)c(F)cc3C(N)=O)ccc21. The van der Waals surface area contributed by atoms with E-state index in [1.54, 1.807) is 13.1 Å². The number of pyridine rings is 1. The summed E-state index contributed by atoms with van der Waals surface area (Å²) in [5.41, 5.74) is 12.9. The molecule has 2 heterocycles. The second-order valence-electron chi connectivity index (χ2n) is 6.73. The Morgan fingerprint density at radius 3 is 2.68 bits per heavy atom. The van der Waals surface area contributed by atoms with Gasteiger partial charge in [-0.05, 0) is 45.0 Å². The molecule has 9 heteroatoms. The molecule has 0 aliphatic heterocycles. The number of aromatic nitrogens is 3. The lowest BCUT2D eigenvalue weighted by molar-refractivity contribution is 0.100. The molecule has 8 nitrogen and oxygen atoms in total. The minimum Gasteiger partial charge on any atom is -0.365 e. The van der Waals surface area contributed by atoms with E-state index >= 15 is 0 Å². The number of carbonyl (C=O) groups excluding carboxylic acids is 1. The van der Waals surface area contributed by atoms with Crippen LogP contribution in [0.25, 0.3) is 10.9 Å². The van der Waals surface area contributed by atoms with Gasteiger partial charge in [0.05, 0.1) is 17.3 Å². The number of rotatable bonds is 7. The number of anilines is 3. The van der Waals surface area contributed by atoms with Crippen LogP contribution in [-0.4, -0.2) is 32.8 Å². The van der Waals surface area contributed by atoms with Gasteiger partial charge >= 0.3 is 0 Å². The highest BCUT2D eigenvalue weighted by Gasteiger charge is 2.18. The quantitative estimate of drug-likeness (QED) is 0.496. The van der Waals surface area contributed by atoms with E-state index in [1.807, 2.05) is 36.7 Å². The molecule has 0 spiro atoms. The summed E-state index contributed by atoms with van der Waals surface area (Å²) in [6, 6.07) is 6.27. The minimum absolute atomic E-state index is 0.00261. The maximum absolute atomic E-state index is 14.4. The van der Waals surface area contributed by atoms with Gasteiger partial charge in [0, 0.05) is 29.7 Å². The molecule has 0 fully saturated rings. The number of primary amides is 1. The van der Waals surface area contributed by atoms with E-state index in [2.05, 4.69) is 20.7 Å². The Hall–Kier alpha value is -3.20. The Labute approximate surface area is 162 Å². The smallest absolute Gasteiger partial charge is 0.252 e. The van der Waals surface area contributed by atoms with Gasteiger partial charge in [-0.2, -0.15) is 5.10 Å². The summed E-state index contributed by atoms with van der Waals surface area (Å²) in [6.45, 7) is 6.39. The number of amides is 1. The summed E-state index contributed by atoms with van der Waals surface area (Å²) in [7, 11) is 0. The van der Waals surface area contributed by atoms with Gasteiger partial charge in [0.2, 0.25) is 0 Å². The predicted octanol–water partition coefficient (Wildman–Crippen LogP) is 2.58. The van der Waals surface area contributed by atoms with Gasteiger partial charge in [0.15, 0.2) is 11.6 Å². The molecule has 0 radical (unpaired) electrons. The predicted molar refractivity (Wildman–Crippen MR) is 108 cm³/mol. The number of fused-ring (bicyclic) bond motifs is 1. The average molecular weight is 385 g/mol. The molecular formula is C19H24FN7O. The van der Waals surface area contributed by atoms with Crippen molar-refractivity contribution in [3.8, 4) is 0 Å². The van der Waals surface area contributed by atoms with Gasteiger partial charge in [-0.25, -0.2) is 9.37 Å². The summed E-state index contributed by atoms with van der Waals surface area (Å²) >= 11 is 0. The highest BCUT2D eigenvalue weighted by Crippen LogP contribution is 2.26. The van der Waals surface area contributed by atoms with E-state index in [0.29, 0.717) is 5.69 Å². The Morgan fingerprint density at radius 1 is 1.29 bits per heavy atom. The summed E-state index contributed by atoms with van der Waals surface area (Å²) in [5.74, 6) is -1.29. The number of hydrogen-bond donors (Lipinski definition) is 4. The van der Waals surface area contributed by atoms with Crippen LogP contribution in [0.2, 0.25) is 0 Å². The average Bonchev–Trinajstić information content (AvgIpc) is 3.06. The molecule has 0 aliphatic rings. The van der Waals surface area contributed by atoms with E-state index in [-0.39, 0.29) is 29.3 Å². The van der Waals surface area contributed by atoms with Crippen LogP contribution < -0.4 is 22.1 Å². The van der Waals surface area contributed by atoms with Crippen LogP contribution in [0.1, 0.15) is 31.1 Å². The third-order valence-corrected chi connectivity index (χ3v) is 4.60. The monoisotopic (exact) mass is 385 g/mol. The molecule has 6 N–H and O–H groups in total. The van der Waals surface area contributed by atoms with Crippen LogP contribution in [0.15, 0.2) is 30.5 Å². The number of carbonyl (C=O) groups is 1. The van der Waals surface area contributed by atoms with Gasteiger partial charge < -0.3 is 22.1 Å². The van der Waals surface area contributed by atoms with Crippen molar-refractivity contribution in [2.24, 2.45) is 11.5 Å². The number of nitrogens with two attached hydrogens (primary N) is 2. The van der Waals surface area contributed by atoms with Gasteiger partial charge in [-0.1, -0.05) is 0 Å². The topological polar surface area (TPSA) is 124 Å². The molecule has 3 aromatic rings. The Morgan fingerprint density at radius 2 is 2.04 bits per heavy atom. The molecule has 0 bridgehead atoms. The highest BCUT2D eigenvalue weighted by atomic mass is 19.1. The minimum atomic E-state index is -0.777. The summed E-state index contributed by atoms with van der Waals surface area (Å²) < 4.78 is 16.3. The van der Waals surface area contributed by atoms with Gasteiger partial charge in [-0.3, -0.25) is 9.48 Å². The molecule has 0 saturated heterocycles. The van der Waals surface area contributed by atoms with Gasteiger partial charge in [-0.15, -0.1) is 0 Å². The molecule has 28 heavy (non-hydrogen) atoms. The third-order valence-electron chi connectivity index (χ3n) is 4.60. The van der Waals surface area contributed by atoms with Crippen molar-refractivity contribution >= 4 is 34.1 Å². The Bertz CT molecular complexity index is 1010. The Balaban J connectivity index is 1.98. The largest absolute Gasteiger partial charge is 0.365 e. The molecule has 1 amide bonds. The molecule has 0 saturated carbocycles. The molecule has 0 aliphatic carbocycles. The third kappa shape index (κ3) is 3.89. The van der Waals surface area contributed by atoms with Crippen LogP contribution in [0.3, 0.4) is 0 Å². The Kier molecular flexibility index (Phi) is 5.46. The fraction of sp³-hybridized carbons (Fsp3) is 0.316. The number of aryl methyl sites for hydroxylation is 1. The molecule has 2 unspecified atom stereocenters. The van der Waals surface area contributed by atoms with Crippen molar-refractivity contribution in [3.63, 3.8) is 0 Å². The van der Waals surface area contributed by atoms with Crippen LogP contribution in [0, 0.1) is 5.82 Å². The number of hydrogen-bond acceptors (Lipinski definition) is 6. The maximum Gasteiger partial charge on any atom is 0.252 e. The van der Waals surface area contributed by atoms with E-state index in [4.69, 9.17) is 11.5 Å². The van der Waals surface area contributed by atoms with Crippen molar-refractivity contribution < 1.29 is 9.18 Å². The maximum atomic E-state index is 14.4. The van der Waals surface area contributed by atoms with Crippen molar-refractivity contribution in [3.05, 3.63) is 41.8 Å². The van der Waals surface area contributed by atoms with Crippen molar-refractivity contribution in [2.75, 3.05) is 10.6 Å². The standard InChI is InChI=1S/C19H24FN7O/c1-4-27-16-6-5-13(7-12(16)9-23-27)25-18-14(17(22)28)8-15(20)19(26-18)24-11(3)10(2)21/h5-11H,4,21H2,1-3H3,(H2,22,28)(H2,24,25,26). The van der Waals surface area contributed by atoms with E-state index < -0.39 is 11.7 Å². The van der Waals surface area contributed by atoms with Gasteiger partial charge in [0.25, 0.3) is 5.91 Å². The number of benzene rings is 1. The zero-order valence-electron chi connectivity index (χ0n) is 16.0. The van der Waals surface area contributed by atoms with E-state index in [0.717, 1.165) is 23.5 Å². The van der Waals surface area contributed by atoms with Crippen molar-refractivity contribution in [2.45, 2.75) is 39.4 Å². The lowest BCUT2D eigenvalue weighted by Crippen LogP contribution is -2.35. The lowest BCUT2D eigenvalue weighted by Gasteiger charge is -2.20. The van der Waals surface area contributed by atoms with Crippen molar-refractivity contribution in [1.82, 2.24) is 14.8 Å². The van der Waals surface area contributed by atoms with Crippen molar-refractivity contribution in [1.29, 1.82) is 0 Å². The molecule has 148 valence electrons. The van der Waals surface area contributed by atoms with Crippen LogP contribution >= 0.6 is 0 Å². The van der Waals surface area contributed by atoms with Crippen LogP contribution in [0.4, 0.5) is 21.7 Å². The first-order chi connectivity index (χ1) is 13.3. The first-order valence-corrected chi connectivity index (χ1v) is 9.05. The zero-order valence-corrected chi connectivity index (χ0v) is 16.0. The first kappa shape index (κ1) is 19.6. The van der Waals surface area contributed by atoms with E-state index in [1.165, 1.54) is 0 Å². The van der Waals surface area contributed by atoms with Crippen LogP contribution in [-0.2, 0) is 6.54 Å². The molecule has 3 rings (SSSR count). The van der Waals surface area contributed by atoms with Crippen LogP contribution in [0.5, 0.6) is 0 Å². The zero-order chi connectivity index (χ0) is 20.4.